The zero-order valence-corrected chi connectivity index (χ0v) is 15.5. The van der Waals surface area contributed by atoms with E-state index < -0.39 is 6.09 Å². The maximum atomic E-state index is 12.3. The summed E-state index contributed by atoms with van der Waals surface area (Å²) in [7, 11) is 0. The summed E-state index contributed by atoms with van der Waals surface area (Å²) in [6.45, 7) is 4.04. The first-order valence-corrected chi connectivity index (χ1v) is 9.89. The van der Waals surface area contributed by atoms with Crippen molar-refractivity contribution in [2.75, 3.05) is 25.0 Å². The molecule has 0 spiro atoms. The zero-order chi connectivity index (χ0) is 17.6. The van der Waals surface area contributed by atoms with Gasteiger partial charge in [-0.1, -0.05) is 30.6 Å². The Labute approximate surface area is 152 Å². The highest BCUT2D eigenvalue weighted by Crippen LogP contribution is 2.28. The highest BCUT2D eigenvalue weighted by Gasteiger charge is 2.24. The summed E-state index contributed by atoms with van der Waals surface area (Å²) in [6, 6.07) is 0.352. The Morgan fingerprint density at radius 2 is 2.12 bits per heavy atom. The van der Waals surface area contributed by atoms with Gasteiger partial charge in [-0.3, -0.25) is 15.0 Å². The summed E-state index contributed by atoms with van der Waals surface area (Å²) < 4.78 is 4.88. The molecule has 0 saturated heterocycles. The lowest BCUT2D eigenvalue weighted by Crippen LogP contribution is -2.44. The summed E-state index contributed by atoms with van der Waals surface area (Å²) >= 11 is 1.46. The van der Waals surface area contributed by atoms with Crippen LogP contribution in [0.5, 0.6) is 0 Å². The number of amides is 2. The topological polar surface area (TPSA) is 83.6 Å². The number of ether oxygens (including phenoxy) is 1. The van der Waals surface area contributed by atoms with Crippen molar-refractivity contribution < 1.29 is 14.3 Å². The minimum atomic E-state index is -0.475. The van der Waals surface area contributed by atoms with E-state index in [0.717, 1.165) is 36.4 Å². The van der Waals surface area contributed by atoms with Gasteiger partial charge >= 0.3 is 6.09 Å². The van der Waals surface area contributed by atoms with Gasteiger partial charge < -0.3 is 10.1 Å². The van der Waals surface area contributed by atoms with Crippen LogP contribution in [0, 0.1) is 0 Å². The first-order chi connectivity index (χ1) is 12.1. The van der Waals surface area contributed by atoms with E-state index in [0.29, 0.717) is 30.9 Å². The first-order valence-electron chi connectivity index (χ1n) is 9.08. The van der Waals surface area contributed by atoms with E-state index in [2.05, 4.69) is 20.5 Å². The second kappa shape index (κ2) is 8.62. The number of thiazole rings is 1. The van der Waals surface area contributed by atoms with Crippen molar-refractivity contribution in [3.05, 3.63) is 10.6 Å². The first kappa shape index (κ1) is 18.1. The average molecular weight is 366 g/mol. The molecule has 0 radical (unpaired) electrons. The molecule has 25 heavy (non-hydrogen) atoms. The smallest absolute Gasteiger partial charge is 0.413 e. The highest BCUT2D eigenvalue weighted by molar-refractivity contribution is 7.15. The molecular weight excluding hydrogens is 340 g/mol. The summed E-state index contributed by atoms with van der Waals surface area (Å²) in [5.41, 5.74) is 1.01. The number of carbonyl (C=O) groups is 2. The molecule has 1 aromatic heterocycles. The van der Waals surface area contributed by atoms with E-state index in [1.807, 2.05) is 0 Å². The number of anilines is 1. The molecule has 8 heteroatoms. The normalized spacial score (nSPS) is 18.4. The van der Waals surface area contributed by atoms with E-state index >= 15 is 0 Å². The lowest BCUT2D eigenvalue weighted by Gasteiger charge is -2.27. The molecule has 1 aromatic rings. The summed E-state index contributed by atoms with van der Waals surface area (Å²) in [4.78, 5) is 31.5. The predicted octanol–water partition coefficient (Wildman–Crippen LogP) is 2.52. The van der Waals surface area contributed by atoms with Gasteiger partial charge in [-0.2, -0.15) is 0 Å². The number of hydrogen-bond acceptors (Lipinski definition) is 6. The van der Waals surface area contributed by atoms with Crippen LogP contribution in [0.1, 0.15) is 49.6 Å². The van der Waals surface area contributed by atoms with Crippen LogP contribution in [0.3, 0.4) is 0 Å². The highest BCUT2D eigenvalue weighted by atomic mass is 32.1. The van der Waals surface area contributed by atoms with E-state index in [-0.39, 0.29) is 5.91 Å². The quantitative estimate of drug-likeness (QED) is 0.837. The Kier molecular flexibility index (Phi) is 6.25. The van der Waals surface area contributed by atoms with Gasteiger partial charge in [0.05, 0.1) is 18.8 Å². The Morgan fingerprint density at radius 3 is 2.88 bits per heavy atom. The van der Waals surface area contributed by atoms with Gasteiger partial charge in [0.25, 0.3) is 0 Å². The average Bonchev–Trinajstić information content (AvgIpc) is 2.97. The summed E-state index contributed by atoms with van der Waals surface area (Å²) in [5, 5.41) is 6.39. The monoisotopic (exact) mass is 366 g/mol. The van der Waals surface area contributed by atoms with Crippen molar-refractivity contribution in [1.29, 1.82) is 0 Å². The van der Waals surface area contributed by atoms with Gasteiger partial charge in [0.1, 0.15) is 0 Å². The summed E-state index contributed by atoms with van der Waals surface area (Å²) in [6.07, 6.45) is 6.25. The SMILES string of the molecule is CCOC(=O)Nc1nc2c(s1)CN(CC(=O)NC1CCCCC1)CC2. The van der Waals surface area contributed by atoms with E-state index in [9.17, 15) is 9.59 Å². The molecule has 2 heterocycles. The van der Waals surface area contributed by atoms with Crippen molar-refractivity contribution in [3.63, 3.8) is 0 Å². The fraction of sp³-hybridized carbons (Fsp3) is 0.706. The molecule has 0 atom stereocenters. The molecule has 1 aliphatic heterocycles. The van der Waals surface area contributed by atoms with E-state index in [4.69, 9.17) is 4.74 Å². The van der Waals surface area contributed by atoms with Crippen LogP contribution in [0.15, 0.2) is 0 Å². The van der Waals surface area contributed by atoms with Crippen molar-refractivity contribution >= 4 is 28.5 Å². The van der Waals surface area contributed by atoms with Crippen LogP contribution in [-0.2, 0) is 22.5 Å². The fourth-order valence-corrected chi connectivity index (χ4v) is 4.45. The van der Waals surface area contributed by atoms with E-state index in [1.165, 1.54) is 30.6 Å². The van der Waals surface area contributed by atoms with Gasteiger partial charge in [0.15, 0.2) is 5.13 Å². The minimum Gasteiger partial charge on any atom is -0.450 e. The molecule has 1 saturated carbocycles. The van der Waals surface area contributed by atoms with Crippen LogP contribution < -0.4 is 10.6 Å². The Morgan fingerprint density at radius 1 is 1.32 bits per heavy atom. The van der Waals surface area contributed by atoms with Crippen molar-refractivity contribution in [1.82, 2.24) is 15.2 Å². The van der Waals surface area contributed by atoms with E-state index in [1.54, 1.807) is 6.92 Å². The number of carbonyl (C=O) groups excluding carboxylic acids is 2. The molecule has 1 fully saturated rings. The van der Waals surface area contributed by atoms with Gasteiger partial charge in [-0.15, -0.1) is 0 Å². The molecule has 2 N–H and O–H groups in total. The maximum absolute atomic E-state index is 12.3. The Hall–Kier alpha value is -1.67. The number of nitrogens with zero attached hydrogens (tertiary/aromatic N) is 2. The number of rotatable bonds is 5. The standard InChI is InChI=1S/C17H26N4O3S/c1-2-24-17(23)20-16-19-13-8-9-21(10-14(13)25-16)11-15(22)18-12-6-4-3-5-7-12/h12H,2-11H2,1H3,(H,18,22)(H,19,20,23). The lowest BCUT2D eigenvalue weighted by atomic mass is 9.95. The second-order valence-corrected chi connectivity index (χ2v) is 7.68. The molecule has 3 rings (SSSR count). The molecule has 0 unspecified atom stereocenters. The third-order valence-electron chi connectivity index (χ3n) is 4.63. The Balaban J connectivity index is 1.49. The lowest BCUT2D eigenvalue weighted by molar-refractivity contribution is -0.123. The molecule has 1 aliphatic carbocycles. The van der Waals surface area contributed by atoms with Gasteiger partial charge in [0.2, 0.25) is 5.91 Å². The van der Waals surface area contributed by atoms with Crippen LogP contribution >= 0.6 is 11.3 Å². The van der Waals surface area contributed by atoms with Gasteiger partial charge in [-0.25, -0.2) is 9.78 Å². The molecule has 2 amide bonds. The number of aromatic nitrogens is 1. The second-order valence-electron chi connectivity index (χ2n) is 6.60. The maximum Gasteiger partial charge on any atom is 0.413 e. The van der Waals surface area contributed by atoms with Gasteiger partial charge in [-0.05, 0) is 19.8 Å². The van der Waals surface area contributed by atoms with Crippen LogP contribution in [0.2, 0.25) is 0 Å². The van der Waals surface area contributed by atoms with Crippen molar-refractivity contribution in [2.24, 2.45) is 0 Å². The van der Waals surface area contributed by atoms with Crippen LogP contribution in [-0.4, -0.2) is 47.6 Å². The number of fused-ring (bicyclic) bond motifs is 1. The van der Waals surface area contributed by atoms with Crippen molar-refractivity contribution in [2.45, 2.75) is 58.0 Å². The van der Waals surface area contributed by atoms with Crippen LogP contribution in [0.25, 0.3) is 0 Å². The zero-order valence-electron chi connectivity index (χ0n) is 14.7. The van der Waals surface area contributed by atoms with Crippen LogP contribution in [0.4, 0.5) is 9.93 Å². The third-order valence-corrected chi connectivity index (χ3v) is 5.63. The number of hydrogen-bond donors (Lipinski definition) is 2. The minimum absolute atomic E-state index is 0.115. The predicted molar refractivity (Wildman–Crippen MR) is 96.8 cm³/mol. The molecule has 138 valence electrons. The number of nitrogens with one attached hydrogen (secondary N) is 2. The Bertz CT molecular complexity index is 613. The fourth-order valence-electron chi connectivity index (χ4n) is 3.41. The third kappa shape index (κ3) is 5.15. The molecule has 7 nitrogen and oxygen atoms in total. The molecule has 2 aliphatic rings. The molecule has 0 aromatic carbocycles. The summed E-state index contributed by atoms with van der Waals surface area (Å²) in [5.74, 6) is 0.115. The molecule has 0 bridgehead atoms. The molecular formula is C17H26N4O3S. The largest absolute Gasteiger partial charge is 0.450 e. The van der Waals surface area contributed by atoms with Crippen molar-refractivity contribution in [3.8, 4) is 0 Å². The van der Waals surface area contributed by atoms with Gasteiger partial charge in [0, 0.05) is 30.4 Å².